The van der Waals surface area contributed by atoms with E-state index in [1.165, 1.54) is 13.2 Å². The fourth-order valence-corrected chi connectivity index (χ4v) is 4.57. The number of carbonyl (C=O) groups excluding carboxylic acids is 3. The topological polar surface area (TPSA) is 197 Å². The number of phenols is 1. The van der Waals surface area contributed by atoms with Crippen molar-refractivity contribution < 1.29 is 47.5 Å². The zero-order valence-corrected chi connectivity index (χ0v) is 28.5. The number of aromatic nitrogens is 3. The molecule has 3 N–H and O–H groups in total. The number of benzene rings is 1. The molecule has 1 aromatic carbocycles. The number of hydrogen-bond donors (Lipinski definition) is 3. The van der Waals surface area contributed by atoms with Gasteiger partial charge >= 0.3 is 24.4 Å². The largest absolute Gasteiger partial charge is 0.504 e. The van der Waals surface area contributed by atoms with Crippen LogP contribution in [0.2, 0.25) is 0 Å². The molecule has 0 aliphatic rings. The van der Waals surface area contributed by atoms with Crippen LogP contribution in [-0.2, 0) is 32.9 Å². The molecule has 0 radical (unpaired) electrons. The zero-order chi connectivity index (χ0) is 34.8. The van der Waals surface area contributed by atoms with E-state index in [1.54, 1.807) is 72.0 Å². The summed E-state index contributed by atoms with van der Waals surface area (Å²) in [5.41, 5.74) is 0.347. The highest BCUT2D eigenvalue weighted by Crippen LogP contribution is 2.31. The predicted octanol–water partition coefficient (Wildman–Crippen LogP) is 5.24. The molecule has 15 nitrogen and oxygen atoms in total. The molecule has 256 valence electrons. The summed E-state index contributed by atoms with van der Waals surface area (Å²) in [6.45, 7) is 8.00. The Hall–Kier alpha value is -4.33. The molecule has 0 aliphatic carbocycles. The maximum Gasteiger partial charge on any atom is 0.326 e. The van der Waals surface area contributed by atoms with Gasteiger partial charge in [0, 0.05) is 18.3 Å². The van der Waals surface area contributed by atoms with Gasteiger partial charge in [-0.1, -0.05) is 0 Å². The Kier molecular flexibility index (Phi) is 13.0. The molecule has 3 aromatic rings. The number of urea groups is 1. The number of ether oxygens (including phenoxy) is 4. The summed E-state index contributed by atoms with van der Waals surface area (Å²) in [6, 6.07) is 7.57. The summed E-state index contributed by atoms with van der Waals surface area (Å²) in [4.78, 5) is 50.0. The van der Waals surface area contributed by atoms with E-state index in [0.717, 1.165) is 0 Å². The van der Waals surface area contributed by atoms with E-state index < -0.39 is 50.1 Å². The van der Waals surface area contributed by atoms with E-state index >= 15 is 0 Å². The van der Waals surface area contributed by atoms with Gasteiger partial charge in [-0.15, -0.1) is 0 Å². The Morgan fingerprint density at radius 3 is 2.38 bits per heavy atom. The van der Waals surface area contributed by atoms with Gasteiger partial charge in [-0.2, -0.15) is 0 Å². The quantitative estimate of drug-likeness (QED) is 0.0869. The number of nitrogens with one attached hydrogen (secondary N) is 2. The third-order valence-electron chi connectivity index (χ3n) is 6.27. The molecular weight excluding hydrogens is 633 g/mol. The Balaban J connectivity index is 1.46. The van der Waals surface area contributed by atoms with E-state index in [9.17, 15) is 24.1 Å². The smallest absolute Gasteiger partial charge is 0.326 e. The number of esters is 2. The maximum atomic E-state index is 12.6. The number of phenolic OH excluding ortho intramolecular Hbond substituents is 1. The van der Waals surface area contributed by atoms with Crippen molar-refractivity contribution in [2.24, 2.45) is 10.8 Å². The Bertz CT molecular complexity index is 1590. The summed E-state index contributed by atoms with van der Waals surface area (Å²) in [6.07, 6.45) is 2.60. The lowest BCUT2D eigenvalue weighted by Gasteiger charge is -2.23. The molecule has 2 atom stereocenters. The van der Waals surface area contributed by atoms with Crippen LogP contribution in [0.15, 0.2) is 36.5 Å². The zero-order valence-electron chi connectivity index (χ0n) is 27.5. The lowest BCUT2D eigenvalue weighted by atomic mass is 9.98. The van der Waals surface area contributed by atoms with Gasteiger partial charge in [-0.05, 0) is 84.7 Å². The van der Waals surface area contributed by atoms with Gasteiger partial charge < -0.3 is 24.6 Å². The molecule has 0 spiro atoms. The highest BCUT2D eigenvalue weighted by Gasteiger charge is 2.29. The normalized spacial score (nSPS) is 13.0. The van der Waals surface area contributed by atoms with Gasteiger partial charge in [0.15, 0.2) is 32.0 Å². The van der Waals surface area contributed by atoms with E-state index in [-0.39, 0.29) is 24.3 Å². The van der Waals surface area contributed by atoms with Crippen LogP contribution in [-0.4, -0.2) is 71.1 Å². The van der Waals surface area contributed by atoms with E-state index in [4.69, 9.17) is 23.5 Å². The van der Waals surface area contributed by atoms with Crippen LogP contribution in [0.25, 0.3) is 22.4 Å². The monoisotopic (exact) mass is 675 g/mol. The van der Waals surface area contributed by atoms with Crippen LogP contribution in [0.1, 0.15) is 54.4 Å². The molecule has 0 fully saturated rings. The first kappa shape index (κ1) is 37.1. The number of methoxy groups -OCH3 is 1. The molecule has 2 amide bonds. The van der Waals surface area contributed by atoms with Crippen molar-refractivity contribution in [2.75, 3.05) is 31.9 Å². The third-order valence-corrected chi connectivity index (χ3v) is 7.48. The number of pyridine rings is 1. The number of aromatic hydroxyl groups is 1. The van der Waals surface area contributed by atoms with Gasteiger partial charge in [0.25, 0.3) is 0 Å². The van der Waals surface area contributed by atoms with Crippen molar-refractivity contribution in [3.63, 3.8) is 0 Å². The second-order valence-electron chi connectivity index (χ2n) is 12.4. The van der Waals surface area contributed by atoms with Crippen LogP contribution in [0, 0.1) is 10.8 Å². The minimum Gasteiger partial charge on any atom is -0.504 e. The van der Waals surface area contributed by atoms with Crippen molar-refractivity contribution in [3.05, 3.63) is 36.5 Å². The van der Waals surface area contributed by atoms with Gasteiger partial charge in [0.05, 0.1) is 29.8 Å². The lowest BCUT2D eigenvalue weighted by Crippen LogP contribution is -2.32. The fraction of sp³-hybridized carbons (Fsp3) is 0.484. The number of hydrogen-bond acceptors (Lipinski definition) is 13. The highest BCUT2D eigenvalue weighted by molar-refractivity contribution is 7.39. The SMILES string of the molecule is COc1cc(-c2cnc3ccc(NC(=O)NCCCC[PH](=O)OC(OCOC(=O)C(C)(C)C)OC(=O)C(C)(C)C)nc3n2)ccc1O. The fourth-order valence-electron chi connectivity index (χ4n) is 3.58. The Morgan fingerprint density at radius 1 is 0.979 bits per heavy atom. The number of fused-ring (bicyclic) bond motifs is 1. The highest BCUT2D eigenvalue weighted by atomic mass is 31.1. The average Bonchev–Trinajstić information content (AvgIpc) is 2.99. The summed E-state index contributed by atoms with van der Waals surface area (Å²) < 4.78 is 38.6. The maximum absolute atomic E-state index is 12.6. The number of amides is 2. The second kappa shape index (κ2) is 16.5. The van der Waals surface area contributed by atoms with Crippen molar-refractivity contribution in [1.82, 2.24) is 20.3 Å². The van der Waals surface area contributed by atoms with Gasteiger partial charge in [-0.3, -0.25) is 33.7 Å². The van der Waals surface area contributed by atoms with E-state index in [1.807, 2.05) is 0 Å². The molecule has 0 saturated carbocycles. The van der Waals surface area contributed by atoms with E-state index in [0.29, 0.717) is 41.0 Å². The van der Waals surface area contributed by atoms with Crippen LogP contribution in [0.4, 0.5) is 10.6 Å². The molecule has 0 saturated heterocycles. The molecule has 16 heteroatoms. The predicted molar refractivity (Wildman–Crippen MR) is 173 cm³/mol. The first-order valence-corrected chi connectivity index (χ1v) is 16.3. The number of carbonyl (C=O) groups is 3. The molecule has 2 unspecified atom stereocenters. The molecular formula is C31H42N5O10P. The lowest BCUT2D eigenvalue weighted by molar-refractivity contribution is -0.268. The van der Waals surface area contributed by atoms with Crippen molar-refractivity contribution >= 4 is 43.0 Å². The molecule has 0 bridgehead atoms. The van der Waals surface area contributed by atoms with Crippen LogP contribution in [0.5, 0.6) is 11.5 Å². The van der Waals surface area contributed by atoms with Gasteiger partial charge in [0.2, 0.25) is 0 Å². The molecule has 2 heterocycles. The van der Waals surface area contributed by atoms with Crippen LogP contribution in [0.3, 0.4) is 0 Å². The number of anilines is 1. The number of unbranched alkanes of at least 4 members (excludes halogenated alkanes) is 1. The van der Waals surface area contributed by atoms with Crippen LogP contribution < -0.4 is 15.4 Å². The summed E-state index contributed by atoms with van der Waals surface area (Å²) in [5, 5.41) is 15.2. The second-order valence-corrected chi connectivity index (χ2v) is 13.9. The van der Waals surface area contributed by atoms with Crippen molar-refractivity contribution in [3.8, 4) is 22.8 Å². The third kappa shape index (κ3) is 11.8. The molecule has 47 heavy (non-hydrogen) atoms. The minimum absolute atomic E-state index is 0.00172. The van der Waals surface area contributed by atoms with Crippen molar-refractivity contribution in [2.45, 2.75) is 60.9 Å². The Morgan fingerprint density at radius 2 is 1.70 bits per heavy atom. The van der Waals surface area contributed by atoms with E-state index in [2.05, 4.69) is 25.6 Å². The summed E-state index contributed by atoms with van der Waals surface area (Å²) in [5.74, 6) is -0.639. The molecule has 3 rings (SSSR count). The average molecular weight is 676 g/mol. The standard InChI is InChI=1S/C31H42N5O10P/c1-30(2,3)26(38)43-18-44-29(45-27(39)31(4,5)6)46-47(41)15-9-8-14-32-28(40)36-24-13-11-20-25(35-24)34-21(17-33-20)19-10-12-22(37)23(16-19)42-7/h10-13,16-17,29,37,47H,8-9,14-15,18H2,1-7H3,(H2,32,34,35,36,40). The minimum atomic E-state index is -2.72. The van der Waals surface area contributed by atoms with Crippen LogP contribution >= 0.6 is 8.03 Å². The summed E-state index contributed by atoms with van der Waals surface area (Å²) in [7, 11) is -1.27. The van der Waals surface area contributed by atoms with Gasteiger partial charge in [0.1, 0.15) is 11.3 Å². The summed E-state index contributed by atoms with van der Waals surface area (Å²) >= 11 is 0. The first-order chi connectivity index (χ1) is 22.1. The van der Waals surface area contributed by atoms with Crippen molar-refractivity contribution in [1.29, 1.82) is 0 Å². The first-order valence-electron chi connectivity index (χ1n) is 14.8. The molecule has 2 aromatic heterocycles. The van der Waals surface area contributed by atoms with Gasteiger partial charge in [-0.25, -0.2) is 14.8 Å². The molecule has 0 aliphatic heterocycles. The Labute approximate surface area is 273 Å². The number of nitrogens with zero attached hydrogens (tertiary/aromatic N) is 3. The number of rotatable bonds is 14.